The summed E-state index contributed by atoms with van der Waals surface area (Å²) < 4.78 is 4.97. The predicted octanol–water partition coefficient (Wildman–Crippen LogP) is 3.49. The van der Waals surface area contributed by atoms with Gasteiger partial charge in [-0.05, 0) is 36.8 Å². The molecule has 1 amide bonds. The van der Waals surface area contributed by atoms with Crippen LogP contribution in [0.25, 0.3) is 0 Å². The number of halogens is 1. The number of ether oxygens (including phenoxy) is 1. The number of amides is 1. The third-order valence-electron chi connectivity index (χ3n) is 4.60. The number of pyridine rings is 1. The molecule has 1 aliphatic rings. The number of hydrogen-bond acceptors (Lipinski definition) is 6. The summed E-state index contributed by atoms with van der Waals surface area (Å²) in [7, 11) is 0. The molecular formula is C21H24ClN3O3S. The van der Waals surface area contributed by atoms with Gasteiger partial charge in [0.1, 0.15) is 5.82 Å². The topological polar surface area (TPSA) is 62.7 Å². The molecule has 0 atom stereocenters. The highest BCUT2D eigenvalue weighted by Gasteiger charge is 2.22. The van der Waals surface area contributed by atoms with Crippen molar-refractivity contribution in [3.05, 3.63) is 58.7 Å². The summed E-state index contributed by atoms with van der Waals surface area (Å²) in [4.78, 5) is 32.6. The van der Waals surface area contributed by atoms with Crippen molar-refractivity contribution in [3.63, 3.8) is 0 Å². The monoisotopic (exact) mass is 433 g/mol. The van der Waals surface area contributed by atoms with Crippen LogP contribution in [0.5, 0.6) is 0 Å². The molecule has 0 aliphatic carbocycles. The molecule has 1 fully saturated rings. The van der Waals surface area contributed by atoms with Crippen molar-refractivity contribution in [2.75, 3.05) is 43.4 Å². The Morgan fingerprint density at radius 2 is 1.97 bits per heavy atom. The highest BCUT2D eigenvalue weighted by Crippen LogP contribution is 2.18. The Bertz CT molecular complexity index is 839. The molecule has 1 aliphatic heterocycles. The van der Waals surface area contributed by atoms with Gasteiger partial charge in [-0.15, -0.1) is 11.8 Å². The molecule has 2 heterocycles. The summed E-state index contributed by atoms with van der Waals surface area (Å²) in [6.45, 7) is 4.88. The summed E-state index contributed by atoms with van der Waals surface area (Å²) in [5, 5.41) is 0.717. The lowest BCUT2D eigenvalue weighted by molar-refractivity contribution is -0.128. The number of rotatable bonds is 7. The molecule has 1 aromatic carbocycles. The molecule has 0 radical (unpaired) electrons. The van der Waals surface area contributed by atoms with Crippen molar-refractivity contribution < 1.29 is 14.3 Å². The number of nitrogens with zero attached hydrogens (tertiary/aromatic N) is 3. The van der Waals surface area contributed by atoms with Crippen LogP contribution < -0.4 is 4.90 Å². The van der Waals surface area contributed by atoms with E-state index in [1.54, 1.807) is 24.8 Å². The fourth-order valence-corrected chi connectivity index (χ4v) is 4.15. The average molecular weight is 434 g/mol. The van der Waals surface area contributed by atoms with Crippen molar-refractivity contribution in [1.82, 2.24) is 9.88 Å². The number of carbonyl (C=O) groups excluding carboxylic acids is 2. The van der Waals surface area contributed by atoms with Crippen LogP contribution in [0.1, 0.15) is 22.8 Å². The van der Waals surface area contributed by atoms with E-state index in [-0.39, 0.29) is 11.9 Å². The molecule has 1 aromatic heterocycles. The molecule has 6 nitrogen and oxygen atoms in total. The van der Waals surface area contributed by atoms with Gasteiger partial charge < -0.3 is 14.5 Å². The van der Waals surface area contributed by atoms with Gasteiger partial charge in [-0.2, -0.15) is 0 Å². The third kappa shape index (κ3) is 6.11. The fraction of sp³-hybridized carbons (Fsp3) is 0.381. The van der Waals surface area contributed by atoms with E-state index in [2.05, 4.69) is 9.88 Å². The molecule has 154 valence electrons. The minimum Gasteiger partial charge on any atom is -0.462 e. The smallest absolute Gasteiger partial charge is 0.339 e. The highest BCUT2D eigenvalue weighted by molar-refractivity contribution is 7.99. The minimum absolute atomic E-state index is 0.155. The Balaban J connectivity index is 1.43. The lowest BCUT2D eigenvalue weighted by Gasteiger charge is -2.35. The van der Waals surface area contributed by atoms with Gasteiger partial charge >= 0.3 is 5.97 Å². The normalized spacial score (nSPS) is 14.0. The number of thioether (sulfide) groups is 1. The standard InChI is InChI=1S/C21H24ClN3O3S/c1-2-28-21(27)17-6-7-19(23-13-17)24-8-10-25(11-9-24)20(26)15-29-14-16-4-3-5-18(22)12-16/h3-7,12-13H,2,8-11,14-15H2,1H3. The number of esters is 1. The number of aromatic nitrogens is 1. The number of carbonyl (C=O) groups is 2. The molecule has 0 spiro atoms. The number of piperazine rings is 1. The first-order chi connectivity index (χ1) is 14.1. The third-order valence-corrected chi connectivity index (χ3v) is 5.82. The first-order valence-corrected chi connectivity index (χ1v) is 11.1. The van der Waals surface area contributed by atoms with Crippen molar-refractivity contribution in [1.29, 1.82) is 0 Å². The van der Waals surface area contributed by atoms with Gasteiger partial charge in [0.2, 0.25) is 5.91 Å². The maximum Gasteiger partial charge on any atom is 0.339 e. The molecular weight excluding hydrogens is 410 g/mol. The van der Waals surface area contributed by atoms with E-state index in [1.165, 1.54) is 6.20 Å². The van der Waals surface area contributed by atoms with Gasteiger partial charge in [0.05, 0.1) is 17.9 Å². The predicted molar refractivity (Wildman–Crippen MR) is 117 cm³/mol. The van der Waals surface area contributed by atoms with Crippen LogP contribution >= 0.6 is 23.4 Å². The summed E-state index contributed by atoms with van der Waals surface area (Å²) >= 11 is 7.60. The van der Waals surface area contributed by atoms with E-state index >= 15 is 0 Å². The van der Waals surface area contributed by atoms with Gasteiger partial charge in [0.25, 0.3) is 0 Å². The molecule has 3 rings (SSSR count). The molecule has 2 aromatic rings. The largest absolute Gasteiger partial charge is 0.462 e. The maximum absolute atomic E-state index is 12.5. The Morgan fingerprint density at radius 3 is 2.62 bits per heavy atom. The minimum atomic E-state index is -0.364. The van der Waals surface area contributed by atoms with Gasteiger partial charge in [-0.3, -0.25) is 4.79 Å². The van der Waals surface area contributed by atoms with Gasteiger partial charge in [-0.1, -0.05) is 23.7 Å². The van der Waals surface area contributed by atoms with Gasteiger partial charge in [0, 0.05) is 43.2 Å². The zero-order chi connectivity index (χ0) is 20.6. The van der Waals surface area contributed by atoms with Crippen LogP contribution in [-0.2, 0) is 15.3 Å². The molecule has 0 saturated carbocycles. The van der Waals surface area contributed by atoms with Crippen LogP contribution in [0.4, 0.5) is 5.82 Å². The number of benzene rings is 1. The quantitative estimate of drug-likeness (QED) is 0.623. The van der Waals surface area contributed by atoms with Gasteiger partial charge in [-0.25, -0.2) is 9.78 Å². The van der Waals surface area contributed by atoms with Crippen LogP contribution in [0.2, 0.25) is 5.02 Å². The van der Waals surface area contributed by atoms with Crippen molar-refractivity contribution in [2.45, 2.75) is 12.7 Å². The van der Waals surface area contributed by atoms with E-state index in [4.69, 9.17) is 16.3 Å². The van der Waals surface area contributed by atoms with Crippen molar-refractivity contribution >= 4 is 41.1 Å². The molecule has 0 N–H and O–H groups in total. The highest BCUT2D eigenvalue weighted by atomic mass is 35.5. The zero-order valence-electron chi connectivity index (χ0n) is 16.3. The van der Waals surface area contributed by atoms with Crippen LogP contribution in [-0.4, -0.2) is 60.3 Å². The summed E-state index contributed by atoms with van der Waals surface area (Å²) in [5.41, 5.74) is 1.57. The lowest BCUT2D eigenvalue weighted by atomic mass is 10.2. The van der Waals surface area contributed by atoms with Gasteiger partial charge in [0.15, 0.2) is 0 Å². The lowest BCUT2D eigenvalue weighted by Crippen LogP contribution is -2.49. The van der Waals surface area contributed by atoms with E-state index in [0.29, 0.717) is 31.0 Å². The first kappa shape index (κ1) is 21.5. The zero-order valence-corrected chi connectivity index (χ0v) is 17.9. The second-order valence-electron chi connectivity index (χ2n) is 6.62. The number of hydrogen-bond donors (Lipinski definition) is 0. The van der Waals surface area contributed by atoms with Crippen molar-refractivity contribution in [2.24, 2.45) is 0 Å². The van der Waals surface area contributed by atoms with Crippen LogP contribution in [0, 0.1) is 0 Å². The Hall–Kier alpha value is -2.25. The molecule has 8 heteroatoms. The van der Waals surface area contributed by atoms with E-state index < -0.39 is 0 Å². The fourth-order valence-electron chi connectivity index (χ4n) is 3.07. The Morgan fingerprint density at radius 1 is 1.17 bits per heavy atom. The second-order valence-corrected chi connectivity index (χ2v) is 8.04. The van der Waals surface area contributed by atoms with Crippen LogP contribution in [0.15, 0.2) is 42.6 Å². The second kappa shape index (κ2) is 10.5. The van der Waals surface area contributed by atoms with E-state index in [9.17, 15) is 9.59 Å². The van der Waals surface area contributed by atoms with Crippen molar-refractivity contribution in [3.8, 4) is 0 Å². The van der Waals surface area contributed by atoms with E-state index in [1.807, 2.05) is 35.2 Å². The van der Waals surface area contributed by atoms with Crippen LogP contribution in [0.3, 0.4) is 0 Å². The maximum atomic E-state index is 12.5. The Labute approximate surface area is 180 Å². The molecule has 0 bridgehead atoms. The summed E-state index contributed by atoms with van der Waals surface area (Å²) in [6, 6.07) is 11.3. The summed E-state index contributed by atoms with van der Waals surface area (Å²) in [6.07, 6.45) is 1.54. The molecule has 29 heavy (non-hydrogen) atoms. The molecule has 0 unspecified atom stereocenters. The molecule has 1 saturated heterocycles. The first-order valence-electron chi connectivity index (χ1n) is 9.55. The Kier molecular flexibility index (Phi) is 7.77. The SMILES string of the molecule is CCOC(=O)c1ccc(N2CCN(C(=O)CSCc3cccc(Cl)c3)CC2)nc1. The average Bonchev–Trinajstić information content (AvgIpc) is 2.74. The summed E-state index contributed by atoms with van der Waals surface area (Å²) in [5.74, 6) is 1.82. The number of anilines is 1. The van der Waals surface area contributed by atoms with E-state index in [0.717, 1.165) is 35.2 Å².